The van der Waals surface area contributed by atoms with Crippen LogP contribution < -0.4 is 16.0 Å². The fourth-order valence-corrected chi connectivity index (χ4v) is 17.9. The van der Waals surface area contributed by atoms with Crippen LogP contribution in [0.5, 0.6) is 0 Å². The molecule has 11 saturated heterocycles. The topological polar surface area (TPSA) is 975 Å². The van der Waals surface area contributed by atoms with Gasteiger partial charge in [-0.25, -0.2) is 8.37 Å². The first-order valence-corrected chi connectivity index (χ1v) is 45.4. The van der Waals surface area contributed by atoms with E-state index in [0.29, 0.717) is 0 Å². The molecule has 11 aliphatic heterocycles. The Kier molecular flexibility index (Phi) is 40.0. The maximum absolute atomic E-state index is 13.8. The first-order chi connectivity index (χ1) is 64.3. The predicted molar refractivity (Wildman–Crippen MR) is 415 cm³/mol. The lowest BCUT2D eigenvalue weighted by molar-refractivity contribution is -0.403. The molecular formula is C72H121N3O60S2. The van der Waals surface area contributed by atoms with E-state index in [2.05, 4.69) is 20.1 Å². The number of nitrogens with one attached hydrogen (secondary N) is 3. The number of amides is 3. The van der Waals surface area contributed by atoms with E-state index >= 15 is 0 Å². The van der Waals surface area contributed by atoms with Crippen LogP contribution in [0.25, 0.3) is 0 Å². The molecule has 11 heterocycles. The molecule has 33 N–H and O–H groups in total. The lowest BCUT2D eigenvalue weighted by Crippen LogP contribution is -2.71. The lowest BCUT2D eigenvalue weighted by Gasteiger charge is -2.52. The van der Waals surface area contributed by atoms with Crippen LogP contribution in [0.2, 0.25) is 0 Å². The highest BCUT2D eigenvalue weighted by Crippen LogP contribution is 2.42. The minimum Gasteiger partial charge on any atom is -0.394 e. The minimum atomic E-state index is -5.73. The third kappa shape index (κ3) is 26.2. The molecule has 0 aromatic heterocycles. The fraction of sp³-hybridized carbons (Fsp3) is 0.958. The van der Waals surface area contributed by atoms with Crippen LogP contribution in [0.4, 0.5) is 0 Å². The van der Waals surface area contributed by atoms with Crippen molar-refractivity contribution in [2.24, 2.45) is 0 Å². The third-order valence-electron chi connectivity index (χ3n) is 24.5. The number of carbonyl (C=O) groups is 3. The Hall–Kier alpha value is -3.81. The van der Waals surface area contributed by atoms with E-state index in [1.807, 2.05) is 0 Å². The van der Waals surface area contributed by atoms with E-state index in [1.54, 1.807) is 0 Å². The molecule has 0 aliphatic carbocycles. The second-order valence-corrected chi connectivity index (χ2v) is 36.3. The highest BCUT2D eigenvalue weighted by molar-refractivity contribution is 7.81. The van der Waals surface area contributed by atoms with Crippen LogP contribution in [0.15, 0.2) is 0 Å². The highest BCUT2D eigenvalue weighted by Gasteiger charge is 2.63. The summed E-state index contributed by atoms with van der Waals surface area (Å²) in [6.07, 6.45) is -117. The molecule has 0 aromatic rings. The van der Waals surface area contributed by atoms with Crippen molar-refractivity contribution >= 4 is 38.5 Å². The summed E-state index contributed by atoms with van der Waals surface area (Å²) in [4.78, 5) is 39.7. The average molecular weight is 2050 g/mol. The summed E-state index contributed by atoms with van der Waals surface area (Å²) in [7, 11) is -11.4. The fourth-order valence-electron chi connectivity index (χ4n) is 17.1. The summed E-state index contributed by atoms with van der Waals surface area (Å²) < 4.78 is 203. The minimum absolute atomic E-state index is 0.759. The van der Waals surface area contributed by atoms with E-state index in [0.717, 1.165) is 27.7 Å². The second-order valence-electron chi connectivity index (χ2n) is 34.1. The van der Waals surface area contributed by atoms with Gasteiger partial charge in [-0.05, 0) is 13.8 Å². The van der Waals surface area contributed by atoms with Crippen molar-refractivity contribution in [1.29, 1.82) is 0 Å². The van der Waals surface area contributed by atoms with E-state index in [9.17, 15) is 183 Å². The second kappa shape index (κ2) is 48.2. The summed E-state index contributed by atoms with van der Waals surface area (Å²) in [6, 6.07) is -6.35. The van der Waals surface area contributed by atoms with Crippen molar-refractivity contribution < 1.29 is 291 Å². The van der Waals surface area contributed by atoms with Gasteiger partial charge in [0.25, 0.3) is 0 Å². The van der Waals surface area contributed by atoms with Crippen molar-refractivity contribution in [3.05, 3.63) is 0 Å². The van der Waals surface area contributed by atoms with Crippen LogP contribution in [0, 0.1) is 0 Å². The normalized spacial score (nSPS) is 49.3. The van der Waals surface area contributed by atoms with Crippen LogP contribution in [0.3, 0.4) is 0 Å². The molecule has 796 valence electrons. The smallest absolute Gasteiger partial charge is 0.394 e. The molecule has 11 fully saturated rings. The molecule has 11 rings (SSSR count). The van der Waals surface area contributed by atoms with Crippen LogP contribution in [-0.2, 0) is 143 Å². The zero-order valence-electron chi connectivity index (χ0n) is 72.6. The quantitative estimate of drug-likeness (QED) is 0.0259. The Morgan fingerprint density at radius 1 is 0.248 bits per heavy atom. The van der Waals surface area contributed by atoms with Gasteiger partial charge in [0, 0.05) is 20.8 Å². The largest absolute Gasteiger partial charge is 0.397 e. The number of hydrogen-bond acceptors (Lipinski definition) is 58. The van der Waals surface area contributed by atoms with Crippen LogP contribution >= 0.6 is 0 Å². The van der Waals surface area contributed by atoms with Crippen molar-refractivity contribution in [2.45, 2.75) is 372 Å². The Morgan fingerprint density at radius 2 is 0.547 bits per heavy atom. The molecule has 0 aromatic carbocycles. The SMILES string of the molecule is CC(=O)N[C@@H]1[C@@H](O)[C@H](O[C@@H]2O[C@H](CO)[C@@H](O[C@@H]3O[C@H](CO[C@H]4O[C@H](CO[C@H]5O[C@H](CO)[C@@H](O)[C@H](O)[C@@H]5O)[C@@H](O)[C@H](O[C@H]5O[C@H](CO)[C@@H](O)[C@H](O)[C@@H]5O)[C@@H]4O)[C@@H](O)[C@H](O[C@H]4O[C@H](CO)[C@@H](O)[C@H](O)[C@@H]4O[C@@H]4O[C@H](COS(=O)(=O)O)[C@@H](O[C@@H]5O[C@@H](C)[C@@H](O)[C@@H](O)[C@@H]5O)[C@H](O[C@@H]5O[C@H](CO)[C@H](OS(=O)(=O)O)[C@H](O)[C@H]5O)[C@H]4NC(C)=O)[C@@H]3O)[C@H](O)[C@H]2NC(C)=O)[C@@H](CO[C@@H]2O[C@@H](C)[C@@H](O)[C@@H](O)[C@@H]2O)O[C@H]1O. The molecule has 0 saturated carbocycles. The van der Waals surface area contributed by atoms with Gasteiger partial charge in [0.1, 0.15) is 256 Å². The van der Waals surface area contributed by atoms with Gasteiger partial charge in [0.2, 0.25) is 17.7 Å². The molecular weight excluding hydrogens is 1930 g/mol. The molecule has 137 heavy (non-hydrogen) atoms. The zero-order chi connectivity index (χ0) is 101. The Morgan fingerprint density at radius 3 is 1.05 bits per heavy atom. The van der Waals surface area contributed by atoms with Gasteiger partial charge in [0.05, 0.1) is 71.7 Å². The van der Waals surface area contributed by atoms with Crippen molar-refractivity contribution in [3.8, 4) is 0 Å². The van der Waals surface area contributed by atoms with E-state index in [-0.39, 0.29) is 0 Å². The third-order valence-corrected chi connectivity index (χ3v) is 25.4. The Bertz CT molecular complexity index is 4040. The maximum atomic E-state index is 13.8. The summed E-state index contributed by atoms with van der Waals surface area (Å²) in [5, 5.41) is 322. The highest BCUT2D eigenvalue weighted by atomic mass is 32.3. The van der Waals surface area contributed by atoms with E-state index in [1.165, 1.54) is 6.92 Å². The molecule has 63 nitrogen and oxygen atoms in total. The number of ether oxygens (including phenoxy) is 21. The number of aliphatic hydroxyl groups excluding tert-OH is 28. The summed E-state index contributed by atoms with van der Waals surface area (Å²) in [5.74, 6) is -3.19. The van der Waals surface area contributed by atoms with Crippen molar-refractivity contribution in [1.82, 2.24) is 16.0 Å². The molecule has 0 radical (unpaired) electrons. The van der Waals surface area contributed by atoms with Crippen molar-refractivity contribution in [2.75, 3.05) is 59.5 Å². The number of aliphatic hydroxyl groups is 28. The van der Waals surface area contributed by atoms with Gasteiger partial charge >= 0.3 is 20.8 Å². The first-order valence-electron chi connectivity index (χ1n) is 42.7. The summed E-state index contributed by atoms with van der Waals surface area (Å²) in [6.45, 7) is -6.25. The van der Waals surface area contributed by atoms with Gasteiger partial charge in [-0.3, -0.25) is 23.5 Å². The lowest BCUT2D eigenvalue weighted by atomic mass is 9.93. The van der Waals surface area contributed by atoms with Gasteiger partial charge in [0.15, 0.2) is 69.2 Å². The molecule has 0 unspecified atom stereocenters. The first kappa shape index (κ1) is 114. The maximum Gasteiger partial charge on any atom is 0.397 e. The Balaban J connectivity index is 0.980. The number of hydrogen-bond donors (Lipinski definition) is 33. The van der Waals surface area contributed by atoms with Gasteiger partial charge in [-0.15, -0.1) is 0 Å². The standard InChI is InChI=1S/C72H121N3O60S2/c1-15-32(84)41(93)47(99)65(117-15)115-13-27-55(39(91)29(62(106)119-27)73-17(3)81)128-63-30(74-18(4)82)40(92)54(23(9-79)123-63)129-71-53(105)60(38(90)26(126-71)12-114-67-52(104)59(132-69-50(102)44(96)35(87)21(7-77)121-69)37(89)25(125-67)11-113-66-48(100)43(95)34(86)20(6-76)120-66)133-72-61(45(97)36(88)22(8-78)122-72)134-64-31(75-19(5)83)58(131-70-51(103)46(98)56(24(10-80)124-70)135-137(110,111)112)57(28(127-64)14-116-136(107,108)109)130-68-49(101)42(94)33(85)16(2)118-68/h15-16,20-72,76-80,84-106H,6-14H2,1-5H3,(H,73,81)(H,74,82)(H,75,83)(H,107,108,109)(H,110,111,112)/t15-,16-,20+,21+,22+,23+,24+,25+,26+,27+,28+,29+,30+,31+,32+,33+,34+,35+,36+,37+,38+,39+,40+,41+,42+,43-,44-,45-,46+,47-,48-,49-,50-,51+,52-,53-,54+,55+,56-,57+,58+,59-,60-,61-,62+,63-,64-,65+,66-,67-,68-,69+,70-,71-,72+/m0/s1. The van der Waals surface area contributed by atoms with Crippen LogP contribution in [-0.4, -0.2) is 584 Å². The number of carbonyl (C=O) groups excluding carboxylic acids is 3. The molecule has 3 amide bonds. The predicted octanol–water partition coefficient (Wildman–Crippen LogP) is -22.8. The van der Waals surface area contributed by atoms with Crippen molar-refractivity contribution in [3.63, 3.8) is 0 Å². The molecule has 0 spiro atoms. The molecule has 0 bridgehead atoms. The summed E-state index contributed by atoms with van der Waals surface area (Å²) >= 11 is 0. The van der Waals surface area contributed by atoms with E-state index in [4.69, 9.17) is 104 Å². The van der Waals surface area contributed by atoms with Gasteiger partial charge in [-0.1, -0.05) is 0 Å². The molecule has 65 heteroatoms. The zero-order valence-corrected chi connectivity index (χ0v) is 74.2. The molecule has 55 atom stereocenters. The monoisotopic (exact) mass is 2050 g/mol. The van der Waals surface area contributed by atoms with Gasteiger partial charge < -0.3 is 258 Å². The Labute approximate surface area is 774 Å². The molecule has 11 aliphatic rings. The van der Waals surface area contributed by atoms with Gasteiger partial charge in [-0.2, -0.15) is 16.8 Å². The number of rotatable bonds is 36. The van der Waals surface area contributed by atoms with E-state index < -0.39 is 436 Å². The average Bonchev–Trinajstić information content (AvgIpc) is 0.754. The van der Waals surface area contributed by atoms with Crippen LogP contribution in [0.1, 0.15) is 34.6 Å². The summed E-state index contributed by atoms with van der Waals surface area (Å²) in [5.41, 5.74) is 0.